The number of ketones is 1. The zero-order chi connectivity index (χ0) is 24.7. The number of aromatic hydroxyl groups is 1. The highest BCUT2D eigenvalue weighted by molar-refractivity contribution is 6.06. The lowest BCUT2D eigenvalue weighted by Crippen LogP contribution is -2.78. The summed E-state index contributed by atoms with van der Waals surface area (Å²) in [5, 5.41) is 26.2. The highest BCUT2D eigenvalue weighted by atomic mass is 16.5. The first kappa shape index (κ1) is 22.3. The van der Waals surface area contributed by atoms with Gasteiger partial charge in [-0.3, -0.25) is 14.5 Å². The van der Waals surface area contributed by atoms with Gasteiger partial charge in [0.25, 0.3) is 0 Å². The zero-order valence-electron chi connectivity index (χ0n) is 20.3. The van der Waals surface area contributed by atoms with Gasteiger partial charge in [0.2, 0.25) is 5.91 Å². The first-order valence-electron chi connectivity index (χ1n) is 13.3. The van der Waals surface area contributed by atoms with Crippen molar-refractivity contribution >= 4 is 11.7 Å². The summed E-state index contributed by atoms with van der Waals surface area (Å²) in [5.74, 6) is -0.628. The summed E-state index contributed by atoms with van der Waals surface area (Å²) in [7, 11) is 0. The van der Waals surface area contributed by atoms with Crippen molar-refractivity contribution in [1.29, 1.82) is 0 Å². The smallest absolute Gasteiger partial charge is 0.230 e. The molecule has 5 aliphatic rings. The molecule has 1 spiro atoms. The topological polar surface area (TPSA) is 99.1 Å². The molecule has 2 aromatic rings. The molecule has 7 nitrogen and oxygen atoms in total. The number of nitrogens with zero attached hydrogens (tertiary/aromatic N) is 1. The molecule has 1 saturated heterocycles. The average molecular weight is 489 g/mol. The van der Waals surface area contributed by atoms with Gasteiger partial charge < -0.3 is 20.3 Å². The molecular weight excluding hydrogens is 456 g/mol. The van der Waals surface area contributed by atoms with Crippen LogP contribution in [0.25, 0.3) is 0 Å². The Morgan fingerprint density at radius 3 is 2.75 bits per heavy atom. The van der Waals surface area contributed by atoms with Gasteiger partial charge >= 0.3 is 0 Å². The number of carbonyl (C=O) groups is 2. The maximum absolute atomic E-state index is 13.9. The van der Waals surface area contributed by atoms with Crippen molar-refractivity contribution in [3.05, 3.63) is 59.2 Å². The van der Waals surface area contributed by atoms with E-state index < -0.39 is 23.0 Å². The predicted octanol–water partition coefficient (Wildman–Crippen LogP) is 2.11. The Hall–Kier alpha value is -2.90. The standard InChI is InChI=1S/C29H32N2O5/c32-21-9-8-19-14-22-29(35)15-20(27(34)30-12-10-17-4-2-1-3-5-17)24(33)26-28(29,23(19)25(21)36-26)11-13-31(22)16-18-6-7-18/h1-5,8-9,18,20,22,26,32,35H,6-7,10-16H2,(H,30,34)/t20?,22-,26+,28+,29-/m1/s1. The van der Waals surface area contributed by atoms with Gasteiger partial charge in [-0.05, 0) is 68.2 Å². The molecule has 188 valence electrons. The van der Waals surface area contributed by atoms with Crippen LogP contribution in [-0.2, 0) is 27.8 Å². The zero-order valence-corrected chi connectivity index (χ0v) is 20.3. The van der Waals surface area contributed by atoms with Crippen molar-refractivity contribution in [3.63, 3.8) is 0 Å². The van der Waals surface area contributed by atoms with E-state index in [0.717, 1.165) is 29.8 Å². The van der Waals surface area contributed by atoms with Crippen molar-refractivity contribution in [2.24, 2.45) is 11.8 Å². The summed E-state index contributed by atoms with van der Waals surface area (Å²) in [6.45, 7) is 2.14. The summed E-state index contributed by atoms with van der Waals surface area (Å²) in [4.78, 5) is 29.6. The fourth-order valence-electron chi connectivity index (χ4n) is 7.62. The summed E-state index contributed by atoms with van der Waals surface area (Å²) >= 11 is 0. The van der Waals surface area contributed by atoms with Gasteiger partial charge in [-0.2, -0.15) is 0 Å². The molecule has 1 amide bonds. The van der Waals surface area contributed by atoms with Crippen molar-refractivity contribution in [2.75, 3.05) is 19.6 Å². The Morgan fingerprint density at radius 1 is 1.17 bits per heavy atom. The molecule has 0 aromatic heterocycles. The van der Waals surface area contributed by atoms with Crippen LogP contribution in [0.4, 0.5) is 0 Å². The van der Waals surface area contributed by atoms with E-state index in [-0.39, 0.29) is 29.9 Å². The van der Waals surface area contributed by atoms with Gasteiger partial charge in [0.05, 0.1) is 11.0 Å². The number of Topliss-reactive ketones (excluding diaryl/α,β-unsaturated/α-hetero) is 1. The highest BCUT2D eigenvalue weighted by Crippen LogP contribution is 2.65. The number of aliphatic hydroxyl groups is 1. The molecule has 7 rings (SSSR count). The van der Waals surface area contributed by atoms with Crippen LogP contribution >= 0.6 is 0 Å². The third kappa shape index (κ3) is 2.99. The predicted molar refractivity (Wildman–Crippen MR) is 132 cm³/mol. The van der Waals surface area contributed by atoms with Crippen LogP contribution in [0.3, 0.4) is 0 Å². The molecule has 2 saturated carbocycles. The number of ether oxygens (including phenoxy) is 1. The number of rotatable bonds is 6. The molecule has 3 fully saturated rings. The highest BCUT2D eigenvalue weighted by Gasteiger charge is 2.75. The van der Waals surface area contributed by atoms with Gasteiger partial charge in [-0.1, -0.05) is 36.4 Å². The molecule has 3 aliphatic carbocycles. The Labute approximate surface area is 210 Å². The van der Waals surface area contributed by atoms with E-state index in [2.05, 4.69) is 10.2 Å². The molecule has 0 radical (unpaired) electrons. The van der Waals surface area contributed by atoms with Gasteiger partial charge in [-0.25, -0.2) is 0 Å². The number of hydrogen-bond acceptors (Lipinski definition) is 6. The molecular formula is C29H32N2O5. The van der Waals surface area contributed by atoms with Crippen LogP contribution in [0.2, 0.25) is 0 Å². The summed E-state index contributed by atoms with van der Waals surface area (Å²) < 4.78 is 6.21. The number of likely N-dealkylation sites (tertiary alicyclic amines) is 1. The van der Waals surface area contributed by atoms with Crippen LogP contribution in [0, 0.1) is 11.8 Å². The second-order valence-corrected chi connectivity index (χ2v) is 11.4. The molecule has 3 N–H and O–H groups in total. The van der Waals surface area contributed by atoms with Crippen LogP contribution in [-0.4, -0.2) is 64.2 Å². The summed E-state index contributed by atoms with van der Waals surface area (Å²) in [6, 6.07) is 13.3. The van der Waals surface area contributed by atoms with Gasteiger partial charge in [0.1, 0.15) is 5.92 Å². The number of benzene rings is 2. The van der Waals surface area contributed by atoms with E-state index in [1.165, 1.54) is 12.8 Å². The number of phenolic OH excluding ortho intramolecular Hbond substituents is 1. The fourth-order valence-corrected chi connectivity index (χ4v) is 7.62. The van der Waals surface area contributed by atoms with Crippen LogP contribution in [0.15, 0.2) is 42.5 Å². The van der Waals surface area contributed by atoms with Crippen molar-refractivity contribution in [2.45, 2.75) is 61.7 Å². The van der Waals surface area contributed by atoms with E-state index in [4.69, 9.17) is 4.74 Å². The molecule has 2 aliphatic heterocycles. The number of phenols is 1. The Bertz CT molecular complexity index is 1240. The van der Waals surface area contributed by atoms with Crippen molar-refractivity contribution in [3.8, 4) is 11.5 Å². The van der Waals surface area contributed by atoms with Crippen LogP contribution in [0.1, 0.15) is 42.4 Å². The minimum Gasteiger partial charge on any atom is -0.504 e. The van der Waals surface area contributed by atoms with E-state index in [1.807, 2.05) is 36.4 Å². The SMILES string of the molecule is O=C(NCCc1ccccc1)C1C[C@@]2(O)[C@H]3Cc4ccc(O)c5c4[C@@]2(CCN3CC2CC2)[C@@H](O5)C1=O. The lowest BCUT2D eigenvalue weighted by molar-refractivity contribution is -0.198. The first-order chi connectivity index (χ1) is 17.4. The third-order valence-corrected chi connectivity index (χ3v) is 9.50. The number of amides is 1. The quantitative estimate of drug-likeness (QED) is 0.539. The number of carbonyl (C=O) groups excluding carboxylic acids is 2. The van der Waals surface area contributed by atoms with E-state index in [0.29, 0.717) is 37.5 Å². The molecule has 5 atom stereocenters. The van der Waals surface area contributed by atoms with Crippen molar-refractivity contribution in [1.82, 2.24) is 10.2 Å². The normalized spacial score (nSPS) is 34.1. The minimum atomic E-state index is -1.29. The van der Waals surface area contributed by atoms with Gasteiger partial charge in [0, 0.05) is 24.7 Å². The molecule has 7 heteroatoms. The van der Waals surface area contributed by atoms with Gasteiger partial charge in [-0.15, -0.1) is 0 Å². The minimum absolute atomic E-state index is 0.00426. The lowest BCUT2D eigenvalue weighted by Gasteiger charge is -2.63. The molecule has 1 unspecified atom stereocenters. The maximum atomic E-state index is 13.9. The van der Waals surface area contributed by atoms with E-state index in [9.17, 15) is 19.8 Å². The number of hydrogen-bond donors (Lipinski definition) is 3. The monoisotopic (exact) mass is 488 g/mol. The molecule has 2 heterocycles. The molecule has 2 bridgehead atoms. The average Bonchev–Trinajstić information content (AvgIpc) is 3.61. The summed E-state index contributed by atoms with van der Waals surface area (Å²) in [6.07, 6.45) is 3.44. The van der Waals surface area contributed by atoms with E-state index in [1.54, 1.807) is 6.07 Å². The summed E-state index contributed by atoms with van der Waals surface area (Å²) in [5.41, 5.74) is 0.747. The van der Waals surface area contributed by atoms with E-state index >= 15 is 0 Å². The Morgan fingerprint density at radius 2 is 1.97 bits per heavy atom. The largest absolute Gasteiger partial charge is 0.504 e. The molecule has 2 aromatic carbocycles. The Balaban J connectivity index is 1.23. The maximum Gasteiger partial charge on any atom is 0.230 e. The van der Waals surface area contributed by atoms with Crippen molar-refractivity contribution < 1.29 is 24.5 Å². The number of nitrogens with one attached hydrogen (secondary N) is 1. The fraction of sp³-hybridized carbons (Fsp3) is 0.517. The van der Waals surface area contributed by atoms with Crippen LogP contribution < -0.4 is 10.1 Å². The second-order valence-electron chi connectivity index (χ2n) is 11.4. The Kier molecular flexibility index (Phi) is 4.83. The molecule has 36 heavy (non-hydrogen) atoms. The van der Waals surface area contributed by atoms with Gasteiger partial charge in [0.15, 0.2) is 23.4 Å². The second kappa shape index (κ2) is 7.80. The first-order valence-corrected chi connectivity index (χ1v) is 13.3. The third-order valence-electron chi connectivity index (χ3n) is 9.50. The lowest BCUT2D eigenvalue weighted by atomic mass is 9.47. The number of piperidine rings is 1. The van der Waals surface area contributed by atoms with Crippen LogP contribution in [0.5, 0.6) is 11.5 Å².